The molecule has 1 unspecified atom stereocenters. The van der Waals surface area contributed by atoms with Gasteiger partial charge >= 0.3 is 0 Å². The van der Waals surface area contributed by atoms with Crippen LogP contribution in [0.15, 0.2) is 23.5 Å². The number of anilines is 1. The average Bonchev–Trinajstić information content (AvgIpc) is 2.38. The van der Waals surface area contributed by atoms with Crippen molar-refractivity contribution in [2.24, 2.45) is 10.9 Å². The predicted molar refractivity (Wildman–Crippen MR) is 70.9 cm³/mol. The molecular weight excluding hydrogens is 236 g/mol. The van der Waals surface area contributed by atoms with Gasteiger partial charge in [-0.1, -0.05) is 5.16 Å². The lowest BCUT2D eigenvalue weighted by Gasteiger charge is -2.35. The van der Waals surface area contributed by atoms with Crippen LogP contribution in [0.5, 0.6) is 0 Å². The monoisotopic (exact) mass is 252 g/mol. The highest BCUT2D eigenvalue weighted by molar-refractivity contribution is 7.99. The highest BCUT2D eigenvalue weighted by Gasteiger charge is 2.23. The number of nitrogens with two attached hydrogens (primary N) is 1. The molecule has 6 heteroatoms. The lowest BCUT2D eigenvalue weighted by atomic mass is 10.2. The maximum atomic E-state index is 8.79. The number of aromatic nitrogens is 1. The van der Waals surface area contributed by atoms with E-state index in [9.17, 15) is 0 Å². The summed E-state index contributed by atoms with van der Waals surface area (Å²) in [6, 6.07) is 4.03. The van der Waals surface area contributed by atoms with Gasteiger partial charge < -0.3 is 15.8 Å². The minimum atomic E-state index is 0.110. The summed E-state index contributed by atoms with van der Waals surface area (Å²) in [6.45, 7) is 3.10. The van der Waals surface area contributed by atoms with Crippen molar-refractivity contribution in [3.8, 4) is 0 Å². The van der Waals surface area contributed by atoms with Gasteiger partial charge in [-0.3, -0.25) is 0 Å². The van der Waals surface area contributed by atoms with Crippen LogP contribution in [0.1, 0.15) is 12.5 Å². The Morgan fingerprint density at radius 3 is 3.24 bits per heavy atom. The number of hydrogen-bond acceptors (Lipinski definition) is 5. The second-order valence-electron chi connectivity index (χ2n) is 3.98. The number of amidine groups is 1. The lowest BCUT2D eigenvalue weighted by Crippen LogP contribution is -2.42. The Kier molecular flexibility index (Phi) is 3.73. The highest BCUT2D eigenvalue weighted by Crippen LogP contribution is 2.24. The molecule has 1 aliphatic heterocycles. The Bertz CT molecular complexity index is 424. The van der Waals surface area contributed by atoms with Gasteiger partial charge in [0.15, 0.2) is 5.84 Å². The van der Waals surface area contributed by atoms with Crippen LogP contribution in [0.3, 0.4) is 0 Å². The molecule has 0 saturated carbocycles. The smallest absolute Gasteiger partial charge is 0.173 e. The number of nitrogens with zero attached hydrogens (tertiary/aromatic N) is 3. The summed E-state index contributed by atoms with van der Waals surface area (Å²) in [5, 5.41) is 11.9. The van der Waals surface area contributed by atoms with Crippen molar-refractivity contribution in [1.82, 2.24) is 4.98 Å². The number of thioether (sulfide) groups is 1. The van der Waals surface area contributed by atoms with Gasteiger partial charge in [-0.15, -0.1) is 0 Å². The SMILES string of the molecule is CC1CSCCN1c1ncccc1C(N)=NO. The van der Waals surface area contributed by atoms with Crippen LogP contribution in [0.2, 0.25) is 0 Å². The summed E-state index contributed by atoms with van der Waals surface area (Å²) >= 11 is 1.94. The first-order chi connectivity index (χ1) is 8.24. The number of pyridine rings is 1. The van der Waals surface area contributed by atoms with Gasteiger partial charge in [0, 0.05) is 30.3 Å². The molecule has 0 aromatic carbocycles. The third kappa shape index (κ3) is 2.46. The Morgan fingerprint density at radius 2 is 2.53 bits per heavy atom. The molecule has 2 rings (SSSR count). The van der Waals surface area contributed by atoms with Crippen LogP contribution >= 0.6 is 11.8 Å². The molecule has 1 saturated heterocycles. The molecule has 0 spiro atoms. The highest BCUT2D eigenvalue weighted by atomic mass is 32.2. The molecule has 17 heavy (non-hydrogen) atoms. The van der Waals surface area contributed by atoms with Crippen molar-refractivity contribution in [2.75, 3.05) is 23.0 Å². The number of hydrogen-bond donors (Lipinski definition) is 2. The molecule has 0 aliphatic carbocycles. The van der Waals surface area contributed by atoms with Gasteiger partial charge in [-0.25, -0.2) is 4.98 Å². The van der Waals surface area contributed by atoms with Crippen molar-refractivity contribution in [3.05, 3.63) is 23.9 Å². The van der Waals surface area contributed by atoms with E-state index in [1.165, 1.54) is 0 Å². The van der Waals surface area contributed by atoms with E-state index >= 15 is 0 Å². The average molecular weight is 252 g/mol. The first-order valence-corrected chi connectivity index (χ1v) is 6.67. The summed E-state index contributed by atoms with van der Waals surface area (Å²) in [4.78, 5) is 6.58. The van der Waals surface area contributed by atoms with E-state index in [0.29, 0.717) is 11.6 Å². The Morgan fingerprint density at radius 1 is 1.71 bits per heavy atom. The largest absolute Gasteiger partial charge is 0.409 e. The van der Waals surface area contributed by atoms with E-state index in [1.54, 1.807) is 12.3 Å². The summed E-state index contributed by atoms with van der Waals surface area (Å²) in [5.41, 5.74) is 6.36. The normalized spacial score (nSPS) is 21.6. The Hall–Kier alpha value is -1.43. The molecule has 1 atom stereocenters. The van der Waals surface area contributed by atoms with Crippen LogP contribution in [-0.4, -0.2) is 40.1 Å². The predicted octanol–water partition coefficient (Wildman–Crippen LogP) is 1.12. The maximum absolute atomic E-state index is 8.79. The summed E-state index contributed by atoms with van der Waals surface area (Å²) in [7, 11) is 0. The minimum absolute atomic E-state index is 0.110. The molecule has 5 nitrogen and oxygen atoms in total. The zero-order chi connectivity index (χ0) is 12.3. The third-order valence-electron chi connectivity index (χ3n) is 2.81. The first kappa shape index (κ1) is 12.0. The van der Waals surface area contributed by atoms with E-state index in [-0.39, 0.29) is 5.84 Å². The fourth-order valence-electron chi connectivity index (χ4n) is 1.92. The second-order valence-corrected chi connectivity index (χ2v) is 5.13. The van der Waals surface area contributed by atoms with E-state index in [0.717, 1.165) is 23.9 Å². The van der Waals surface area contributed by atoms with Gasteiger partial charge in [0.05, 0.1) is 5.56 Å². The molecule has 92 valence electrons. The van der Waals surface area contributed by atoms with E-state index in [1.807, 2.05) is 17.8 Å². The topological polar surface area (TPSA) is 74.7 Å². The summed E-state index contributed by atoms with van der Waals surface area (Å²) in [5.74, 6) is 3.07. The van der Waals surface area contributed by atoms with Crippen LogP contribution in [0, 0.1) is 0 Å². The number of oxime groups is 1. The van der Waals surface area contributed by atoms with Crippen LogP contribution < -0.4 is 10.6 Å². The van der Waals surface area contributed by atoms with Gasteiger partial charge in [-0.05, 0) is 19.1 Å². The zero-order valence-electron chi connectivity index (χ0n) is 9.71. The molecule has 1 aromatic heterocycles. The number of rotatable bonds is 2. The van der Waals surface area contributed by atoms with E-state index in [2.05, 4.69) is 22.0 Å². The van der Waals surface area contributed by atoms with Crippen molar-refractivity contribution < 1.29 is 5.21 Å². The molecule has 1 aromatic rings. The molecule has 0 radical (unpaired) electrons. The van der Waals surface area contributed by atoms with Crippen molar-refractivity contribution in [3.63, 3.8) is 0 Å². The summed E-state index contributed by atoms with van der Waals surface area (Å²) < 4.78 is 0. The van der Waals surface area contributed by atoms with Gasteiger partial charge in [0.2, 0.25) is 0 Å². The van der Waals surface area contributed by atoms with E-state index < -0.39 is 0 Å². The van der Waals surface area contributed by atoms with Crippen LogP contribution in [-0.2, 0) is 0 Å². The first-order valence-electron chi connectivity index (χ1n) is 5.51. The maximum Gasteiger partial charge on any atom is 0.173 e. The zero-order valence-corrected chi connectivity index (χ0v) is 10.5. The van der Waals surface area contributed by atoms with Crippen molar-refractivity contribution in [1.29, 1.82) is 0 Å². The van der Waals surface area contributed by atoms with Gasteiger partial charge in [0.25, 0.3) is 0 Å². The molecular formula is C11H16N4OS. The standard InChI is InChI=1S/C11H16N4OS/c1-8-7-17-6-5-15(8)11-9(10(12)14-16)3-2-4-13-11/h2-4,8,16H,5-7H2,1H3,(H2,12,14). The fraction of sp³-hybridized carbons (Fsp3) is 0.455. The van der Waals surface area contributed by atoms with Crippen LogP contribution in [0.4, 0.5) is 5.82 Å². The fourth-order valence-corrected chi connectivity index (χ4v) is 2.93. The lowest BCUT2D eigenvalue weighted by molar-refractivity contribution is 0.318. The molecule has 0 bridgehead atoms. The Labute approximate surface area is 105 Å². The van der Waals surface area contributed by atoms with Crippen LogP contribution in [0.25, 0.3) is 0 Å². The minimum Gasteiger partial charge on any atom is -0.409 e. The molecule has 2 heterocycles. The third-order valence-corrected chi connectivity index (χ3v) is 4.00. The summed E-state index contributed by atoms with van der Waals surface area (Å²) in [6.07, 6.45) is 1.73. The van der Waals surface area contributed by atoms with E-state index in [4.69, 9.17) is 10.9 Å². The molecule has 3 N–H and O–H groups in total. The molecule has 0 amide bonds. The van der Waals surface area contributed by atoms with Gasteiger partial charge in [0.1, 0.15) is 5.82 Å². The van der Waals surface area contributed by atoms with Crippen molar-refractivity contribution in [2.45, 2.75) is 13.0 Å². The Balaban J connectivity index is 2.37. The quantitative estimate of drug-likeness (QED) is 0.357. The molecule has 1 aliphatic rings. The molecule has 1 fully saturated rings. The van der Waals surface area contributed by atoms with Gasteiger partial charge in [-0.2, -0.15) is 11.8 Å². The second kappa shape index (κ2) is 5.27. The van der Waals surface area contributed by atoms with Crippen molar-refractivity contribution >= 4 is 23.4 Å².